The summed E-state index contributed by atoms with van der Waals surface area (Å²) in [5.74, 6) is 0. The number of halogens is 1. The monoisotopic (exact) mass is 285 g/mol. The molecule has 0 atom stereocenters. The summed E-state index contributed by atoms with van der Waals surface area (Å²) in [6, 6.07) is 2.13. The van der Waals surface area contributed by atoms with Gasteiger partial charge in [0, 0.05) is 21.3 Å². The second kappa shape index (κ2) is 4.37. The topological polar surface area (TPSA) is 40.7 Å². The van der Waals surface area contributed by atoms with E-state index in [2.05, 4.69) is 42.9 Å². The number of hydrogen-bond donors (Lipinski definition) is 2. The van der Waals surface area contributed by atoms with Gasteiger partial charge in [-0.1, -0.05) is 0 Å². The van der Waals surface area contributed by atoms with Crippen LogP contribution in [0.4, 0.5) is 5.69 Å². The van der Waals surface area contributed by atoms with Gasteiger partial charge in [-0.3, -0.25) is 5.10 Å². The van der Waals surface area contributed by atoms with Gasteiger partial charge in [-0.15, -0.1) is 11.3 Å². The molecule has 2 aromatic heterocycles. The van der Waals surface area contributed by atoms with Crippen LogP contribution in [0, 0.1) is 13.8 Å². The Bertz CT molecular complexity index is 441. The van der Waals surface area contributed by atoms with E-state index in [1.165, 1.54) is 4.88 Å². The van der Waals surface area contributed by atoms with Gasteiger partial charge < -0.3 is 5.32 Å². The van der Waals surface area contributed by atoms with Crippen molar-refractivity contribution in [3.8, 4) is 0 Å². The van der Waals surface area contributed by atoms with E-state index in [1.807, 2.05) is 13.8 Å². The standard InChI is InChI=1S/C10H12BrN3S/c1-6-10(7(2)14-13-6)12-4-9-3-8(11)5-15-9/h3,5,12H,4H2,1-2H3,(H,13,14). The van der Waals surface area contributed by atoms with Gasteiger partial charge in [-0.05, 0) is 35.8 Å². The van der Waals surface area contributed by atoms with Crippen LogP contribution in [0.15, 0.2) is 15.9 Å². The highest BCUT2D eigenvalue weighted by Gasteiger charge is 2.05. The minimum atomic E-state index is 0.845. The van der Waals surface area contributed by atoms with E-state index < -0.39 is 0 Å². The van der Waals surface area contributed by atoms with Gasteiger partial charge in [0.2, 0.25) is 0 Å². The molecule has 0 bridgehead atoms. The number of aromatic nitrogens is 2. The maximum Gasteiger partial charge on any atom is 0.0825 e. The van der Waals surface area contributed by atoms with E-state index >= 15 is 0 Å². The summed E-state index contributed by atoms with van der Waals surface area (Å²) in [7, 11) is 0. The van der Waals surface area contributed by atoms with Gasteiger partial charge in [0.1, 0.15) is 0 Å². The average molecular weight is 286 g/mol. The Morgan fingerprint density at radius 1 is 1.53 bits per heavy atom. The van der Waals surface area contributed by atoms with Crippen LogP contribution >= 0.6 is 27.3 Å². The van der Waals surface area contributed by atoms with Crippen LogP contribution in [0.2, 0.25) is 0 Å². The predicted molar refractivity (Wildman–Crippen MR) is 67.4 cm³/mol. The summed E-state index contributed by atoms with van der Waals surface area (Å²) in [4.78, 5) is 1.31. The molecule has 2 rings (SSSR count). The molecule has 0 radical (unpaired) electrons. The number of nitrogens with zero attached hydrogens (tertiary/aromatic N) is 1. The van der Waals surface area contributed by atoms with Crippen molar-refractivity contribution < 1.29 is 0 Å². The Morgan fingerprint density at radius 3 is 2.87 bits per heavy atom. The summed E-state index contributed by atoms with van der Waals surface area (Å²) in [6.45, 7) is 4.86. The first-order chi connectivity index (χ1) is 7.16. The Balaban J connectivity index is 2.05. The van der Waals surface area contributed by atoms with E-state index in [-0.39, 0.29) is 0 Å². The maximum absolute atomic E-state index is 4.14. The summed E-state index contributed by atoms with van der Waals surface area (Å²) in [5.41, 5.74) is 3.21. The Hall–Kier alpha value is -0.810. The predicted octanol–water partition coefficient (Wildman–Crippen LogP) is 3.46. The van der Waals surface area contributed by atoms with Crippen molar-refractivity contribution >= 4 is 33.0 Å². The van der Waals surface area contributed by atoms with Crippen molar-refractivity contribution in [1.29, 1.82) is 0 Å². The number of H-pyrrole nitrogens is 1. The van der Waals surface area contributed by atoms with Gasteiger partial charge in [-0.2, -0.15) is 5.10 Å². The molecule has 0 aliphatic rings. The molecule has 0 aliphatic heterocycles. The van der Waals surface area contributed by atoms with Crippen molar-refractivity contribution in [3.05, 3.63) is 32.2 Å². The molecule has 15 heavy (non-hydrogen) atoms. The molecule has 0 spiro atoms. The van der Waals surface area contributed by atoms with E-state index in [9.17, 15) is 0 Å². The smallest absolute Gasteiger partial charge is 0.0825 e. The Morgan fingerprint density at radius 2 is 2.33 bits per heavy atom. The molecule has 5 heteroatoms. The third-order valence-corrected chi connectivity index (χ3v) is 3.89. The molecule has 3 nitrogen and oxygen atoms in total. The van der Waals surface area contributed by atoms with E-state index in [4.69, 9.17) is 0 Å². The molecule has 2 aromatic rings. The van der Waals surface area contributed by atoms with E-state index in [0.29, 0.717) is 0 Å². The van der Waals surface area contributed by atoms with Crippen LogP contribution in [0.1, 0.15) is 16.3 Å². The van der Waals surface area contributed by atoms with Gasteiger partial charge in [0.25, 0.3) is 0 Å². The molecule has 2 heterocycles. The van der Waals surface area contributed by atoms with Crippen LogP contribution in [-0.2, 0) is 6.54 Å². The molecule has 2 N–H and O–H groups in total. The first-order valence-corrected chi connectivity index (χ1v) is 6.32. The summed E-state index contributed by atoms with van der Waals surface area (Å²) < 4.78 is 1.14. The van der Waals surface area contributed by atoms with Crippen molar-refractivity contribution in [1.82, 2.24) is 10.2 Å². The molecule has 0 amide bonds. The molecule has 0 aromatic carbocycles. The lowest BCUT2D eigenvalue weighted by Gasteiger charge is -2.03. The second-order valence-corrected chi connectivity index (χ2v) is 5.31. The highest BCUT2D eigenvalue weighted by molar-refractivity contribution is 9.10. The zero-order chi connectivity index (χ0) is 10.8. The highest BCUT2D eigenvalue weighted by atomic mass is 79.9. The fourth-order valence-corrected chi connectivity index (χ4v) is 2.82. The SMILES string of the molecule is Cc1n[nH]c(C)c1NCc1cc(Br)cs1. The second-order valence-electron chi connectivity index (χ2n) is 3.39. The highest BCUT2D eigenvalue weighted by Crippen LogP contribution is 2.22. The first-order valence-electron chi connectivity index (χ1n) is 4.65. The normalized spacial score (nSPS) is 10.6. The minimum Gasteiger partial charge on any atom is -0.377 e. The third-order valence-electron chi connectivity index (χ3n) is 2.19. The fraction of sp³-hybridized carbons (Fsp3) is 0.300. The van der Waals surface area contributed by atoms with Crippen LogP contribution in [0.25, 0.3) is 0 Å². The summed E-state index contributed by atoms with van der Waals surface area (Å²) in [5, 5.41) is 12.6. The minimum absolute atomic E-state index is 0.845. The molecular formula is C10H12BrN3S. The number of thiophene rings is 1. The zero-order valence-corrected chi connectivity index (χ0v) is 11.0. The number of nitrogens with one attached hydrogen (secondary N) is 2. The largest absolute Gasteiger partial charge is 0.377 e. The molecule has 80 valence electrons. The van der Waals surface area contributed by atoms with Gasteiger partial charge in [0.15, 0.2) is 0 Å². The fourth-order valence-electron chi connectivity index (χ4n) is 1.43. The van der Waals surface area contributed by atoms with Gasteiger partial charge in [0.05, 0.1) is 17.1 Å². The quantitative estimate of drug-likeness (QED) is 0.907. The molecule has 0 aliphatic carbocycles. The van der Waals surface area contributed by atoms with Gasteiger partial charge in [-0.25, -0.2) is 0 Å². The lowest BCUT2D eigenvalue weighted by Crippen LogP contribution is -1.99. The lowest BCUT2D eigenvalue weighted by atomic mass is 10.3. The molecule has 0 unspecified atom stereocenters. The van der Waals surface area contributed by atoms with Crippen LogP contribution < -0.4 is 5.32 Å². The number of aryl methyl sites for hydroxylation is 2. The molecule has 0 fully saturated rings. The van der Waals surface area contributed by atoms with E-state index in [1.54, 1.807) is 11.3 Å². The average Bonchev–Trinajstić information content (AvgIpc) is 2.73. The maximum atomic E-state index is 4.14. The number of anilines is 1. The summed E-state index contributed by atoms with van der Waals surface area (Å²) >= 11 is 5.19. The molecule has 0 saturated heterocycles. The van der Waals surface area contributed by atoms with Crippen molar-refractivity contribution in [2.75, 3.05) is 5.32 Å². The Labute approximate surface area is 101 Å². The summed E-state index contributed by atoms with van der Waals surface area (Å²) in [6.07, 6.45) is 0. The number of aromatic amines is 1. The van der Waals surface area contributed by atoms with Crippen molar-refractivity contribution in [2.45, 2.75) is 20.4 Å². The zero-order valence-electron chi connectivity index (χ0n) is 8.60. The van der Waals surface area contributed by atoms with Crippen LogP contribution in [0.5, 0.6) is 0 Å². The van der Waals surface area contributed by atoms with Gasteiger partial charge >= 0.3 is 0 Å². The van der Waals surface area contributed by atoms with Crippen LogP contribution in [-0.4, -0.2) is 10.2 Å². The number of rotatable bonds is 3. The number of hydrogen-bond acceptors (Lipinski definition) is 3. The van der Waals surface area contributed by atoms with Crippen molar-refractivity contribution in [3.63, 3.8) is 0 Å². The lowest BCUT2D eigenvalue weighted by molar-refractivity contribution is 1.02. The molecular weight excluding hydrogens is 274 g/mol. The van der Waals surface area contributed by atoms with E-state index in [0.717, 1.165) is 28.1 Å². The Kier molecular flexibility index (Phi) is 3.11. The van der Waals surface area contributed by atoms with Crippen LogP contribution in [0.3, 0.4) is 0 Å². The third kappa shape index (κ3) is 2.41. The molecule has 0 saturated carbocycles. The van der Waals surface area contributed by atoms with Crippen molar-refractivity contribution in [2.24, 2.45) is 0 Å². The first kappa shape index (κ1) is 10.7.